The molecular weight excluding hydrogens is 175 g/mol. The van der Waals surface area contributed by atoms with Crippen LogP contribution in [0.5, 0.6) is 0 Å². The summed E-state index contributed by atoms with van der Waals surface area (Å²) in [5.41, 5.74) is 0.829. The molecule has 13 heavy (non-hydrogen) atoms. The minimum Gasteiger partial charge on any atom is -0.481 e. The fraction of sp³-hybridized carbons (Fsp3) is 0.500. The zero-order chi connectivity index (χ0) is 9.68. The van der Waals surface area contributed by atoms with Crippen LogP contribution in [0.1, 0.15) is 12.0 Å². The number of aryl methyl sites for hydroxylation is 2. The molecule has 0 bridgehead atoms. The molecule has 0 spiro atoms. The zero-order valence-corrected chi connectivity index (χ0v) is 7.11. The van der Waals surface area contributed by atoms with Gasteiger partial charge in [-0.3, -0.25) is 9.48 Å². The highest BCUT2D eigenvalue weighted by Gasteiger charge is 2.01. The summed E-state index contributed by atoms with van der Waals surface area (Å²) in [6.45, 7) is -0.229. The van der Waals surface area contributed by atoms with Crippen LogP contribution in [0.15, 0.2) is 12.4 Å². The van der Waals surface area contributed by atoms with Crippen molar-refractivity contribution in [3.8, 4) is 0 Å². The van der Waals surface area contributed by atoms with Gasteiger partial charge in [0.2, 0.25) is 0 Å². The first-order chi connectivity index (χ1) is 6.22. The highest BCUT2D eigenvalue weighted by atomic mass is 19.1. The third kappa shape index (κ3) is 3.23. The van der Waals surface area contributed by atoms with Gasteiger partial charge in [-0.1, -0.05) is 0 Å². The van der Waals surface area contributed by atoms with Gasteiger partial charge in [-0.25, -0.2) is 4.39 Å². The number of rotatable bonds is 5. The molecule has 0 atom stereocenters. The fourth-order valence-electron chi connectivity index (χ4n) is 0.996. The van der Waals surface area contributed by atoms with Crippen LogP contribution < -0.4 is 0 Å². The lowest BCUT2D eigenvalue weighted by Gasteiger charge is -1.93. The number of aromatic nitrogens is 2. The van der Waals surface area contributed by atoms with Crippen molar-refractivity contribution in [2.24, 2.45) is 0 Å². The summed E-state index contributed by atoms with van der Waals surface area (Å²) in [6.07, 6.45) is 3.77. The topological polar surface area (TPSA) is 55.1 Å². The number of carboxylic acid groups (broad SMARTS) is 1. The van der Waals surface area contributed by atoms with Crippen molar-refractivity contribution >= 4 is 5.97 Å². The molecule has 1 aromatic rings. The molecule has 0 amide bonds. The zero-order valence-electron chi connectivity index (χ0n) is 7.11. The Bertz CT molecular complexity index is 285. The maximum absolute atomic E-state index is 11.8. The van der Waals surface area contributed by atoms with E-state index in [2.05, 4.69) is 5.10 Å². The van der Waals surface area contributed by atoms with E-state index in [1.807, 2.05) is 0 Å². The molecule has 0 aliphatic rings. The summed E-state index contributed by atoms with van der Waals surface area (Å²) < 4.78 is 13.3. The van der Waals surface area contributed by atoms with Gasteiger partial charge in [0.1, 0.15) is 6.67 Å². The fourth-order valence-corrected chi connectivity index (χ4v) is 0.996. The molecule has 1 N–H and O–H groups in total. The van der Waals surface area contributed by atoms with Crippen molar-refractivity contribution < 1.29 is 14.3 Å². The number of carboxylic acids is 1. The first kappa shape index (κ1) is 9.70. The monoisotopic (exact) mass is 186 g/mol. The van der Waals surface area contributed by atoms with Crippen molar-refractivity contribution in [2.75, 3.05) is 6.67 Å². The Kier molecular flexibility index (Phi) is 3.42. The van der Waals surface area contributed by atoms with Gasteiger partial charge in [0.25, 0.3) is 0 Å². The lowest BCUT2D eigenvalue weighted by atomic mass is 10.2. The lowest BCUT2D eigenvalue weighted by molar-refractivity contribution is -0.136. The van der Waals surface area contributed by atoms with E-state index in [9.17, 15) is 9.18 Å². The van der Waals surface area contributed by atoms with E-state index in [1.165, 1.54) is 4.68 Å². The Morgan fingerprint density at radius 3 is 3.08 bits per heavy atom. The van der Waals surface area contributed by atoms with Gasteiger partial charge in [0.15, 0.2) is 0 Å². The van der Waals surface area contributed by atoms with Gasteiger partial charge in [0, 0.05) is 12.6 Å². The minimum atomic E-state index is -0.835. The molecule has 1 heterocycles. The molecule has 5 heteroatoms. The van der Waals surface area contributed by atoms with E-state index in [-0.39, 0.29) is 13.0 Å². The second-order valence-electron chi connectivity index (χ2n) is 2.69. The molecule has 0 radical (unpaired) electrons. The minimum absolute atomic E-state index is 0.0846. The predicted molar refractivity (Wildman–Crippen MR) is 44.2 cm³/mol. The molecule has 1 rings (SSSR count). The molecule has 1 aromatic heterocycles. The summed E-state index contributed by atoms with van der Waals surface area (Å²) in [7, 11) is 0. The SMILES string of the molecule is O=C(O)CCc1cnn(CCF)c1. The van der Waals surface area contributed by atoms with Crippen molar-refractivity contribution in [3.05, 3.63) is 18.0 Å². The normalized spacial score (nSPS) is 10.2. The summed E-state index contributed by atoms with van der Waals surface area (Å²) in [5, 5.41) is 12.3. The van der Waals surface area contributed by atoms with E-state index in [0.29, 0.717) is 6.42 Å². The average Bonchev–Trinajstić information content (AvgIpc) is 2.50. The first-order valence-electron chi connectivity index (χ1n) is 4.01. The van der Waals surface area contributed by atoms with Crippen LogP contribution >= 0.6 is 0 Å². The molecule has 0 unspecified atom stereocenters. The number of aliphatic carboxylic acids is 1. The van der Waals surface area contributed by atoms with E-state index in [1.54, 1.807) is 12.4 Å². The molecular formula is C8H11FN2O2. The van der Waals surface area contributed by atoms with Gasteiger partial charge in [0.05, 0.1) is 12.7 Å². The van der Waals surface area contributed by atoms with Crippen LogP contribution in [0.2, 0.25) is 0 Å². The summed E-state index contributed by atoms with van der Waals surface area (Å²) in [5.74, 6) is -0.835. The Morgan fingerprint density at radius 1 is 1.69 bits per heavy atom. The smallest absolute Gasteiger partial charge is 0.303 e. The lowest BCUT2D eigenvalue weighted by Crippen LogP contribution is -1.99. The van der Waals surface area contributed by atoms with Crippen molar-refractivity contribution in [2.45, 2.75) is 19.4 Å². The molecule has 4 nitrogen and oxygen atoms in total. The Labute approximate surface area is 75.0 Å². The quantitative estimate of drug-likeness (QED) is 0.742. The van der Waals surface area contributed by atoms with Gasteiger partial charge in [-0.15, -0.1) is 0 Å². The van der Waals surface area contributed by atoms with Crippen LogP contribution in [-0.2, 0) is 17.8 Å². The highest BCUT2D eigenvalue weighted by molar-refractivity contribution is 5.67. The maximum Gasteiger partial charge on any atom is 0.303 e. The second kappa shape index (κ2) is 4.59. The molecule has 0 fully saturated rings. The first-order valence-corrected chi connectivity index (χ1v) is 4.01. The molecule has 0 aromatic carbocycles. The van der Waals surface area contributed by atoms with Crippen molar-refractivity contribution in [3.63, 3.8) is 0 Å². The average molecular weight is 186 g/mol. The predicted octanol–water partition coefficient (Wildman–Crippen LogP) is 0.870. The number of halogens is 1. The number of alkyl halides is 1. The maximum atomic E-state index is 11.8. The largest absolute Gasteiger partial charge is 0.481 e. The van der Waals surface area contributed by atoms with E-state index < -0.39 is 12.6 Å². The number of hydrogen-bond acceptors (Lipinski definition) is 2. The highest BCUT2D eigenvalue weighted by Crippen LogP contribution is 2.01. The van der Waals surface area contributed by atoms with Crippen LogP contribution in [-0.4, -0.2) is 27.5 Å². The number of hydrogen-bond donors (Lipinski definition) is 1. The molecule has 72 valence electrons. The van der Waals surface area contributed by atoms with Crippen LogP contribution in [0.4, 0.5) is 4.39 Å². The standard InChI is InChI=1S/C8H11FN2O2/c9-3-4-11-6-7(5-10-11)1-2-8(12)13/h5-6H,1-4H2,(H,12,13). The van der Waals surface area contributed by atoms with E-state index in [0.717, 1.165) is 5.56 Å². The summed E-state index contributed by atoms with van der Waals surface area (Å²) >= 11 is 0. The van der Waals surface area contributed by atoms with Gasteiger partial charge in [-0.05, 0) is 12.0 Å². The third-order valence-electron chi connectivity index (χ3n) is 1.63. The number of nitrogens with zero attached hydrogens (tertiary/aromatic N) is 2. The van der Waals surface area contributed by atoms with Crippen LogP contribution in [0.3, 0.4) is 0 Å². The summed E-state index contributed by atoms with van der Waals surface area (Å²) in [6, 6.07) is 0. The van der Waals surface area contributed by atoms with Crippen molar-refractivity contribution in [1.82, 2.24) is 9.78 Å². The molecule has 0 aliphatic heterocycles. The number of carbonyl (C=O) groups is 1. The van der Waals surface area contributed by atoms with Crippen molar-refractivity contribution in [1.29, 1.82) is 0 Å². The summed E-state index contributed by atoms with van der Waals surface area (Å²) in [4.78, 5) is 10.2. The van der Waals surface area contributed by atoms with Gasteiger partial charge < -0.3 is 5.11 Å². The van der Waals surface area contributed by atoms with Gasteiger partial charge in [-0.2, -0.15) is 5.10 Å². The Hall–Kier alpha value is -1.39. The van der Waals surface area contributed by atoms with Crippen LogP contribution in [0, 0.1) is 0 Å². The third-order valence-corrected chi connectivity index (χ3v) is 1.63. The molecule has 0 saturated carbocycles. The Morgan fingerprint density at radius 2 is 2.46 bits per heavy atom. The molecule has 0 saturated heterocycles. The second-order valence-corrected chi connectivity index (χ2v) is 2.69. The molecule has 0 aliphatic carbocycles. The van der Waals surface area contributed by atoms with Crippen LogP contribution in [0.25, 0.3) is 0 Å². The Balaban J connectivity index is 2.44. The van der Waals surface area contributed by atoms with E-state index >= 15 is 0 Å². The van der Waals surface area contributed by atoms with E-state index in [4.69, 9.17) is 5.11 Å². The van der Waals surface area contributed by atoms with Gasteiger partial charge >= 0.3 is 5.97 Å².